The lowest BCUT2D eigenvalue weighted by Gasteiger charge is -2.02. The summed E-state index contributed by atoms with van der Waals surface area (Å²) in [7, 11) is 0. The fourth-order valence-corrected chi connectivity index (χ4v) is 2.54. The van der Waals surface area contributed by atoms with Crippen molar-refractivity contribution in [3.8, 4) is 22.8 Å². The zero-order chi connectivity index (χ0) is 17.9. The van der Waals surface area contributed by atoms with Crippen molar-refractivity contribution in [3.63, 3.8) is 0 Å². The van der Waals surface area contributed by atoms with E-state index in [1.54, 1.807) is 30.3 Å². The molecule has 6 nitrogen and oxygen atoms in total. The molecule has 1 aromatic heterocycles. The summed E-state index contributed by atoms with van der Waals surface area (Å²) in [5, 5.41) is 3.90. The number of ether oxygens (including phenoxy) is 3. The zero-order valence-electron chi connectivity index (χ0n) is 13.6. The molecule has 0 saturated carbocycles. The summed E-state index contributed by atoms with van der Waals surface area (Å²) in [6, 6.07) is 12.8. The first-order chi connectivity index (χ1) is 12.7. The quantitative estimate of drug-likeness (QED) is 0.653. The summed E-state index contributed by atoms with van der Waals surface area (Å²) in [5.41, 5.74) is 1.95. The summed E-state index contributed by atoms with van der Waals surface area (Å²) in [6.07, 6.45) is 0.0626. The number of aromatic nitrogens is 1. The molecule has 0 spiro atoms. The number of hydrogen-bond donors (Lipinski definition) is 0. The molecule has 0 aliphatic carbocycles. The van der Waals surface area contributed by atoms with E-state index in [0.29, 0.717) is 28.5 Å². The van der Waals surface area contributed by atoms with Gasteiger partial charge in [0.1, 0.15) is 18.1 Å². The highest BCUT2D eigenvalue weighted by molar-refractivity contribution is 5.72. The van der Waals surface area contributed by atoms with Gasteiger partial charge >= 0.3 is 5.97 Å². The number of carbonyl (C=O) groups is 1. The van der Waals surface area contributed by atoms with E-state index in [0.717, 1.165) is 5.56 Å². The predicted octanol–water partition coefficient (Wildman–Crippen LogP) is 3.50. The van der Waals surface area contributed by atoms with Crippen molar-refractivity contribution >= 4 is 5.97 Å². The molecule has 2 aromatic carbocycles. The van der Waals surface area contributed by atoms with E-state index in [1.807, 2.05) is 6.07 Å². The minimum absolute atomic E-state index is 0.00587. The number of rotatable bonds is 5. The Kier molecular flexibility index (Phi) is 4.27. The topological polar surface area (TPSA) is 70.8 Å². The van der Waals surface area contributed by atoms with Gasteiger partial charge in [0.25, 0.3) is 0 Å². The van der Waals surface area contributed by atoms with Gasteiger partial charge < -0.3 is 18.7 Å². The Morgan fingerprint density at radius 3 is 2.73 bits per heavy atom. The van der Waals surface area contributed by atoms with Crippen LogP contribution in [0.2, 0.25) is 0 Å². The number of carbonyl (C=O) groups excluding carboxylic acids is 1. The molecule has 132 valence electrons. The van der Waals surface area contributed by atoms with E-state index in [9.17, 15) is 9.18 Å². The summed E-state index contributed by atoms with van der Waals surface area (Å²) in [4.78, 5) is 11.9. The summed E-state index contributed by atoms with van der Waals surface area (Å²) in [5.74, 6) is 1.09. The molecule has 0 atom stereocenters. The minimum Gasteiger partial charge on any atom is -0.459 e. The van der Waals surface area contributed by atoms with Gasteiger partial charge in [-0.3, -0.25) is 4.79 Å². The van der Waals surface area contributed by atoms with Gasteiger partial charge in [0.2, 0.25) is 6.79 Å². The van der Waals surface area contributed by atoms with Crippen molar-refractivity contribution < 1.29 is 27.9 Å². The van der Waals surface area contributed by atoms with Crippen molar-refractivity contribution in [1.82, 2.24) is 5.16 Å². The Balaban J connectivity index is 1.36. The molecule has 7 heteroatoms. The second-order valence-corrected chi connectivity index (χ2v) is 5.71. The SMILES string of the molecule is O=C(Cc1ccc(F)cc1)OCc1cc(-c2ccc3c(c2)OCO3)on1. The van der Waals surface area contributed by atoms with Crippen LogP contribution in [0, 0.1) is 5.82 Å². The maximum absolute atomic E-state index is 12.9. The average molecular weight is 355 g/mol. The van der Waals surface area contributed by atoms with Crippen molar-refractivity contribution in [3.05, 3.63) is 65.6 Å². The number of nitrogens with zero attached hydrogens (tertiary/aromatic N) is 1. The monoisotopic (exact) mass is 355 g/mol. The molecule has 0 N–H and O–H groups in total. The van der Waals surface area contributed by atoms with Gasteiger partial charge in [-0.05, 0) is 35.9 Å². The zero-order valence-corrected chi connectivity index (χ0v) is 13.6. The van der Waals surface area contributed by atoms with E-state index in [-0.39, 0.29) is 25.6 Å². The third-order valence-electron chi connectivity index (χ3n) is 3.86. The minimum atomic E-state index is -0.427. The first kappa shape index (κ1) is 16.1. The van der Waals surface area contributed by atoms with Gasteiger partial charge in [-0.2, -0.15) is 0 Å². The molecule has 0 bridgehead atoms. The van der Waals surface area contributed by atoms with Crippen LogP contribution in [-0.4, -0.2) is 17.9 Å². The molecule has 0 amide bonds. The van der Waals surface area contributed by atoms with E-state index >= 15 is 0 Å². The Labute approximate surface area is 148 Å². The van der Waals surface area contributed by atoms with Crippen LogP contribution < -0.4 is 9.47 Å². The Bertz CT molecular complexity index is 935. The highest BCUT2D eigenvalue weighted by Crippen LogP contribution is 2.36. The number of esters is 1. The van der Waals surface area contributed by atoms with E-state index in [1.165, 1.54) is 12.1 Å². The lowest BCUT2D eigenvalue weighted by Crippen LogP contribution is -2.08. The first-order valence-electron chi connectivity index (χ1n) is 7.93. The third-order valence-corrected chi connectivity index (χ3v) is 3.86. The summed E-state index contributed by atoms with van der Waals surface area (Å²) in [6.45, 7) is 0.193. The van der Waals surface area contributed by atoms with Gasteiger partial charge in [0.15, 0.2) is 17.3 Å². The molecular weight excluding hydrogens is 341 g/mol. The molecule has 0 saturated heterocycles. The van der Waals surface area contributed by atoms with E-state index in [2.05, 4.69) is 5.16 Å². The Morgan fingerprint density at radius 1 is 1.08 bits per heavy atom. The smallest absolute Gasteiger partial charge is 0.310 e. The van der Waals surface area contributed by atoms with Gasteiger partial charge in [0.05, 0.1) is 6.42 Å². The van der Waals surface area contributed by atoms with Crippen LogP contribution >= 0.6 is 0 Å². The van der Waals surface area contributed by atoms with Crippen LogP contribution in [-0.2, 0) is 22.6 Å². The van der Waals surface area contributed by atoms with Crippen molar-refractivity contribution in [2.45, 2.75) is 13.0 Å². The van der Waals surface area contributed by atoms with Crippen LogP contribution in [0.15, 0.2) is 53.1 Å². The Hall–Kier alpha value is -3.35. The second-order valence-electron chi connectivity index (χ2n) is 5.71. The molecule has 2 heterocycles. The highest BCUT2D eigenvalue weighted by atomic mass is 19.1. The van der Waals surface area contributed by atoms with Crippen molar-refractivity contribution in [2.75, 3.05) is 6.79 Å². The third kappa shape index (κ3) is 3.51. The van der Waals surface area contributed by atoms with Crippen molar-refractivity contribution in [1.29, 1.82) is 0 Å². The van der Waals surface area contributed by atoms with E-state index in [4.69, 9.17) is 18.7 Å². The van der Waals surface area contributed by atoms with Crippen LogP contribution in [0.5, 0.6) is 11.5 Å². The Morgan fingerprint density at radius 2 is 1.88 bits per heavy atom. The average Bonchev–Trinajstić information content (AvgIpc) is 3.30. The standard InChI is InChI=1S/C19H14FNO5/c20-14-4-1-12(2-5-14)7-19(22)23-10-15-9-17(26-21-15)13-3-6-16-18(8-13)25-11-24-16/h1-6,8-9H,7,10-11H2. The predicted molar refractivity (Wildman–Crippen MR) is 88.0 cm³/mol. The lowest BCUT2D eigenvalue weighted by atomic mass is 10.1. The fourth-order valence-electron chi connectivity index (χ4n) is 2.54. The molecule has 1 aliphatic rings. The first-order valence-corrected chi connectivity index (χ1v) is 7.93. The molecular formula is C19H14FNO5. The highest BCUT2D eigenvalue weighted by Gasteiger charge is 2.16. The van der Waals surface area contributed by atoms with Gasteiger partial charge in [-0.25, -0.2) is 4.39 Å². The van der Waals surface area contributed by atoms with Crippen LogP contribution in [0.3, 0.4) is 0 Å². The molecule has 1 aliphatic heterocycles. The lowest BCUT2D eigenvalue weighted by molar-refractivity contribution is -0.144. The van der Waals surface area contributed by atoms with Gasteiger partial charge in [-0.15, -0.1) is 0 Å². The van der Waals surface area contributed by atoms with Crippen LogP contribution in [0.1, 0.15) is 11.3 Å². The number of benzene rings is 2. The van der Waals surface area contributed by atoms with Gasteiger partial charge in [0, 0.05) is 11.6 Å². The summed E-state index contributed by atoms with van der Waals surface area (Å²) >= 11 is 0. The van der Waals surface area contributed by atoms with Crippen LogP contribution in [0.4, 0.5) is 4.39 Å². The molecule has 3 aromatic rings. The number of hydrogen-bond acceptors (Lipinski definition) is 6. The normalized spacial score (nSPS) is 12.2. The van der Waals surface area contributed by atoms with Crippen LogP contribution in [0.25, 0.3) is 11.3 Å². The maximum atomic E-state index is 12.9. The number of fused-ring (bicyclic) bond motifs is 1. The molecule has 4 rings (SSSR count). The fraction of sp³-hybridized carbons (Fsp3) is 0.158. The molecule has 26 heavy (non-hydrogen) atoms. The number of halogens is 1. The maximum Gasteiger partial charge on any atom is 0.310 e. The molecule has 0 unspecified atom stereocenters. The van der Waals surface area contributed by atoms with E-state index < -0.39 is 5.97 Å². The van der Waals surface area contributed by atoms with Gasteiger partial charge in [-0.1, -0.05) is 17.3 Å². The second kappa shape index (κ2) is 6.87. The largest absolute Gasteiger partial charge is 0.459 e. The van der Waals surface area contributed by atoms with Crippen molar-refractivity contribution in [2.24, 2.45) is 0 Å². The molecule has 0 fully saturated rings. The molecule has 0 radical (unpaired) electrons. The summed E-state index contributed by atoms with van der Waals surface area (Å²) < 4.78 is 33.9.